The van der Waals surface area contributed by atoms with Gasteiger partial charge in [0.1, 0.15) is 0 Å². The number of carbonyl (C=O) groups excluding carboxylic acids is 1. The molecule has 6 heteroatoms. The summed E-state index contributed by atoms with van der Waals surface area (Å²) in [4.78, 5) is 21.4. The van der Waals surface area contributed by atoms with Crippen LogP contribution in [-0.4, -0.2) is 16.9 Å². The van der Waals surface area contributed by atoms with Crippen molar-refractivity contribution in [1.82, 2.24) is 5.32 Å². The molecule has 0 aliphatic heterocycles. The molecule has 0 saturated heterocycles. The smallest absolute Gasteiger partial charge is 0.324 e. The highest BCUT2D eigenvalue weighted by Crippen LogP contribution is 2.22. The lowest BCUT2D eigenvalue weighted by Crippen LogP contribution is -2.31. The van der Waals surface area contributed by atoms with E-state index in [4.69, 9.17) is 0 Å². The van der Waals surface area contributed by atoms with Gasteiger partial charge in [0.2, 0.25) is 0 Å². The third-order valence-electron chi connectivity index (χ3n) is 2.02. The summed E-state index contributed by atoms with van der Waals surface area (Å²) < 4.78 is 0. The maximum atomic E-state index is 11.5. The Hall–Kier alpha value is -1.43. The summed E-state index contributed by atoms with van der Waals surface area (Å²) in [5.41, 5.74) is 0.354. The largest absolute Gasteiger partial charge is 0.350 e. The fourth-order valence-electron chi connectivity index (χ4n) is 0.949. The quantitative estimate of drug-likeness (QED) is 0.634. The normalized spacial score (nSPS) is 12.1. The van der Waals surface area contributed by atoms with Crippen molar-refractivity contribution >= 4 is 22.2 Å². The average Bonchev–Trinajstić information content (AvgIpc) is 2.66. The molecule has 82 valence electrons. The molecule has 1 aromatic heterocycles. The minimum absolute atomic E-state index is 0.00991. The molecule has 1 aromatic rings. The van der Waals surface area contributed by atoms with Crippen LogP contribution in [0.15, 0.2) is 11.4 Å². The van der Waals surface area contributed by atoms with Gasteiger partial charge in [-0.3, -0.25) is 14.9 Å². The van der Waals surface area contributed by atoms with Gasteiger partial charge in [0.25, 0.3) is 5.91 Å². The van der Waals surface area contributed by atoms with Crippen LogP contribution < -0.4 is 5.32 Å². The van der Waals surface area contributed by atoms with Crippen molar-refractivity contribution in [3.05, 3.63) is 27.1 Å². The molecular weight excluding hydrogens is 216 g/mol. The van der Waals surface area contributed by atoms with Crippen molar-refractivity contribution in [2.75, 3.05) is 0 Å². The van der Waals surface area contributed by atoms with Gasteiger partial charge in [-0.15, -0.1) is 0 Å². The lowest BCUT2D eigenvalue weighted by atomic mass is 10.2. The molecule has 5 nitrogen and oxygen atoms in total. The van der Waals surface area contributed by atoms with Crippen molar-refractivity contribution in [2.45, 2.75) is 26.3 Å². The fourth-order valence-corrected chi connectivity index (χ4v) is 1.65. The van der Waals surface area contributed by atoms with Gasteiger partial charge in [-0.2, -0.15) is 0 Å². The molecule has 0 spiro atoms. The first kappa shape index (κ1) is 11.6. The lowest BCUT2D eigenvalue weighted by molar-refractivity contribution is -0.380. The van der Waals surface area contributed by atoms with Gasteiger partial charge in [-0.25, -0.2) is 0 Å². The first-order valence-electron chi connectivity index (χ1n) is 4.58. The Labute approximate surface area is 91.3 Å². The van der Waals surface area contributed by atoms with Crippen molar-refractivity contribution in [3.63, 3.8) is 0 Å². The summed E-state index contributed by atoms with van der Waals surface area (Å²) in [6.07, 6.45) is 0.831. The van der Waals surface area contributed by atoms with E-state index in [1.165, 1.54) is 11.4 Å². The fraction of sp³-hybridized carbons (Fsp3) is 0.444. The van der Waals surface area contributed by atoms with E-state index in [1.807, 2.05) is 13.8 Å². The first-order valence-corrected chi connectivity index (χ1v) is 5.46. The van der Waals surface area contributed by atoms with Gasteiger partial charge in [0.15, 0.2) is 0 Å². The number of nitrogens with zero attached hydrogens (tertiary/aromatic N) is 1. The van der Waals surface area contributed by atoms with Crippen LogP contribution in [0.1, 0.15) is 30.6 Å². The zero-order chi connectivity index (χ0) is 11.4. The highest BCUT2D eigenvalue weighted by Gasteiger charge is 2.15. The molecule has 0 aromatic carbocycles. The van der Waals surface area contributed by atoms with Crippen molar-refractivity contribution in [3.8, 4) is 0 Å². The van der Waals surface area contributed by atoms with E-state index >= 15 is 0 Å². The van der Waals surface area contributed by atoms with E-state index in [0.29, 0.717) is 5.56 Å². The van der Waals surface area contributed by atoms with Gasteiger partial charge in [0.05, 0.1) is 10.5 Å². The molecule has 1 rings (SSSR count). The Balaban J connectivity index is 2.70. The number of thiophene rings is 1. The molecular formula is C9H12N2O3S. The average molecular weight is 228 g/mol. The van der Waals surface area contributed by atoms with Crippen LogP contribution in [0.5, 0.6) is 0 Å². The van der Waals surface area contributed by atoms with Gasteiger partial charge in [-0.05, 0) is 13.3 Å². The van der Waals surface area contributed by atoms with Crippen LogP contribution in [0, 0.1) is 10.1 Å². The van der Waals surface area contributed by atoms with Gasteiger partial charge < -0.3 is 5.32 Å². The third-order valence-corrected chi connectivity index (χ3v) is 2.90. The summed E-state index contributed by atoms with van der Waals surface area (Å²) in [5.74, 6) is -0.256. The molecule has 0 saturated carbocycles. The molecule has 1 N–H and O–H groups in total. The molecule has 1 amide bonds. The molecule has 15 heavy (non-hydrogen) atoms. The number of nitro groups is 1. The summed E-state index contributed by atoms with van der Waals surface area (Å²) >= 11 is 0.961. The standard InChI is InChI=1S/C9H12N2O3S/c1-3-6(2)10-9(12)7-4-8(11(13)14)15-5-7/h4-6H,3H2,1-2H3,(H,10,12)/t6-/m1/s1. The lowest BCUT2D eigenvalue weighted by Gasteiger charge is -2.09. The molecule has 0 unspecified atom stereocenters. The molecule has 0 aliphatic rings. The van der Waals surface area contributed by atoms with Crippen molar-refractivity contribution in [1.29, 1.82) is 0 Å². The number of nitrogens with one attached hydrogen (secondary N) is 1. The van der Waals surface area contributed by atoms with Crippen LogP contribution in [0.2, 0.25) is 0 Å². The van der Waals surface area contributed by atoms with E-state index in [9.17, 15) is 14.9 Å². The molecule has 1 atom stereocenters. The van der Waals surface area contributed by atoms with Crippen LogP contribution in [0.25, 0.3) is 0 Å². The van der Waals surface area contributed by atoms with E-state index in [1.54, 1.807) is 0 Å². The number of amides is 1. The minimum atomic E-state index is -0.495. The maximum Gasteiger partial charge on any atom is 0.324 e. The van der Waals surface area contributed by atoms with Gasteiger partial charge in [0, 0.05) is 17.5 Å². The van der Waals surface area contributed by atoms with E-state index in [0.717, 1.165) is 17.8 Å². The number of hydrogen-bond acceptors (Lipinski definition) is 4. The van der Waals surface area contributed by atoms with Crippen LogP contribution in [0.3, 0.4) is 0 Å². The van der Waals surface area contributed by atoms with E-state index in [2.05, 4.69) is 5.32 Å². The van der Waals surface area contributed by atoms with Crippen molar-refractivity contribution < 1.29 is 9.72 Å². The summed E-state index contributed by atoms with van der Waals surface area (Å²) in [7, 11) is 0. The number of hydrogen-bond donors (Lipinski definition) is 1. The van der Waals surface area contributed by atoms with Gasteiger partial charge in [-0.1, -0.05) is 18.3 Å². The van der Waals surface area contributed by atoms with Crippen LogP contribution in [-0.2, 0) is 0 Å². The summed E-state index contributed by atoms with van der Waals surface area (Å²) in [6, 6.07) is 1.37. The number of carbonyl (C=O) groups is 1. The van der Waals surface area contributed by atoms with E-state index in [-0.39, 0.29) is 17.0 Å². The second-order valence-electron chi connectivity index (χ2n) is 3.21. The first-order chi connectivity index (χ1) is 7.04. The van der Waals surface area contributed by atoms with Crippen LogP contribution in [0.4, 0.5) is 5.00 Å². The Morgan fingerprint density at radius 1 is 1.73 bits per heavy atom. The van der Waals surface area contributed by atoms with E-state index < -0.39 is 4.92 Å². The zero-order valence-electron chi connectivity index (χ0n) is 8.52. The molecule has 0 radical (unpaired) electrons. The number of rotatable bonds is 4. The second-order valence-corrected chi connectivity index (χ2v) is 4.10. The molecule has 0 bridgehead atoms. The Bertz CT molecular complexity index is 375. The van der Waals surface area contributed by atoms with Gasteiger partial charge >= 0.3 is 5.00 Å². The zero-order valence-corrected chi connectivity index (χ0v) is 9.34. The highest BCUT2D eigenvalue weighted by atomic mass is 32.1. The Morgan fingerprint density at radius 3 is 2.87 bits per heavy atom. The second kappa shape index (κ2) is 4.88. The topological polar surface area (TPSA) is 72.2 Å². The van der Waals surface area contributed by atoms with Crippen LogP contribution >= 0.6 is 11.3 Å². The highest BCUT2D eigenvalue weighted by molar-refractivity contribution is 7.13. The molecule has 0 aliphatic carbocycles. The minimum Gasteiger partial charge on any atom is -0.350 e. The Morgan fingerprint density at radius 2 is 2.40 bits per heavy atom. The summed E-state index contributed by atoms with van der Waals surface area (Å²) in [6.45, 7) is 3.85. The molecule has 1 heterocycles. The maximum absolute atomic E-state index is 11.5. The molecule has 0 fully saturated rings. The van der Waals surface area contributed by atoms with Crippen molar-refractivity contribution in [2.24, 2.45) is 0 Å². The predicted molar refractivity (Wildman–Crippen MR) is 58.2 cm³/mol. The summed E-state index contributed by atoms with van der Waals surface area (Å²) in [5, 5.41) is 14.6. The third kappa shape index (κ3) is 3.02. The Kier molecular flexibility index (Phi) is 3.79. The predicted octanol–water partition coefficient (Wildman–Crippen LogP) is 2.18. The monoisotopic (exact) mass is 228 g/mol. The SMILES string of the molecule is CC[C@@H](C)NC(=O)c1csc([N+](=O)[O-])c1.